The highest BCUT2D eigenvalue weighted by Gasteiger charge is 2.24. The van der Waals surface area contributed by atoms with Gasteiger partial charge in [0.05, 0.1) is 15.9 Å². The van der Waals surface area contributed by atoms with Crippen LogP contribution in [-0.2, 0) is 9.53 Å². The lowest BCUT2D eigenvalue weighted by atomic mass is 10.2. The van der Waals surface area contributed by atoms with E-state index in [-0.39, 0.29) is 23.1 Å². The molecule has 0 saturated carbocycles. The maximum Gasteiger partial charge on any atom is 0.363 e. The second-order valence-corrected chi connectivity index (χ2v) is 7.60. The van der Waals surface area contributed by atoms with Crippen molar-refractivity contribution < 1.29 is 24.1 Å². The normalized spacial score (nSPS) is 14.0. The van der Waals surface area contributed by atoms with E-state index >= 15 is 0 Å². The Morgan fingerprint density at radius 2 is 1.73 bits per heavy atom. The van der Waals surface area contributed by atoms with Crippen molar-refractivity contribution in [1.82, 2.24) is 0 Å². The van der Waals surface area contributed by atoms with Crippen LogP contribution >= 0.6 is 15.9 Å². The monoisotopic (exact) mass is 509 g/mol. The highest BCUT2D eigenvalue weighted by atomic mass is 79.9. The number of esters is 1. The molecule has 1 heterocycles. The van der Waals surface area contributed by atoms with Gasteiger partial charge in [0, 0.05) is 16.1 Å². The first kappa shape index (κ1) is 21.8. The molecule has 0 fully saturated rings. The lowest BCUT2D eigenvalue weighted by Gasteiger charge is -2.06. The Labute approximate surface area is 194 Å². The van der Waals surface area contributed by atoms with Gasteiger partial charge in [-0.3, -0.25) is 20.2 Å². The van der Waals surface area contributed by atoms with Gasteiger partial charge in [-0.1, -0.05) is 34.1 Å². The summed E-state index contributed by atoms with van der Waals surface area (Å²) in [7, 11) is 0. The second-order valence-electron chi connectivity index (χ2n) is 6.68. The first-order valence-electron chi connectivity index (χ1n) is 9.29. The highest BCUT2D eigenvalue weighted by Crippen LogP contribution is 2.34. The molecule has 1 aliphatic heterocycles. The molecule has 0 bridgehead atoms. The van der Waals surface area contributed by atoms with Gasteiger partial charge in [0.2, 0.25) is 11.6 Å². The number of hydrogen-bond donors (Lipinski definition) is 0. The van der Waals surface area contributed by atoms with Gasteiger partial charge in [-0.15, -0.1) is 0 Å². The van der Waals surface area contributed by atoms with Crippen LogP contribution in [-0.4, -0.2) is 21.7 Å². The second kappa shape index (κ2) is 9.01. The molecule has 3 aromatic rings. The summed E-state index contributed by atoms with van der Waals surface area (Å²) in [5.41, 5.74) is 0.437. The van der Waals surface area contributed by atoms with Crippen molar-refractivity contribution in [2.24, 2.45) is 4.99 Å². The Kier molecular flexibility index (Phi) is 5.96. The number of aliphatic imine (C=N–C) groups is 1. The molecule has 0 spiro atoms. The van der Waals surface area contributed by atoms with Gasteiger partial charge in [-0.05, 0) is 48.0 Å². The molecule has 0 N–H and O–H groups in total. The number of cyclic esters (lactones) is 1. The molecule has 164 valence electrons. The summed E-state index contributed by atoms with van der Waals surface area (Å²) in [4.78, 5) is 37.0. The van der Waals surface area contributed by atoms with Crippen molar-refractivity contribution in [3.8, 4) is 11.5 Å². The number of rotatable bonds is 6. The molecule has 0 aromatic heterocycles. The lowest BCUT2D eigenvalue weighted by Crippen LogP contribution is -2.05. The van der Waals surface area contributed by atoms with Gasteiger partial charge < -0.3 is 9.47 Å². The molecule has 11 heteroatoms. The van der Waals surface area contributed by atoms with Crippen LogP contribution in [0.1, 0.15) is 11.1 Å². The highest BCUT2D eigenvalue weighted by molar-refractivity contribution is 9.10. The maximum absolute atomic E-state index is 12.2. The van der Waals surface area contributed by atoms with Crippen LogP contribution in [0.2, 0.25) is 0 Å². The van der Waals surface area contributed by atoms with E-state index < -0.39 is 27.2 Å². The van der Waals surface area contributed by atoms with Crippen LogP contribution in [0.3, 0.4) is 0 Å². The number of non-ortho nitro benzene ring substituents is 1. The number of ether oxygens (including phenoxy) is 2. The SMILES string of the molecule is O=C1OC(c2cccc(Br)c2)=N/C1=C\c1ccc(Oc2ccc([N+](=O)[O-])cc2[N+](=O)[O-])cc1. The van der Waals surface area contributed by atoms with E-state index in [0.717, 1.165) is 16.6 Å². The van der Waals surface area contributed by atoms with Crippen molar-refractivity contribution >= 4 is 45.2 Å². The summed E-state index contributed by atoms with van der Waals surface area (Å²) in [5, 5.41) is 22.1. The molecule has 33 heavy (non-hydrogen) atoms. The Hall–Kier alpha value is -4.38. The summed E-state index contributed by atoms with van der Waals surface area (Å²) in [5.74, 6) is -0.273. The minimum Gasteiger partial charge on any atom is -0.450 e. The van der Waals surface area contributed by atoms with Gasteiger partial charge >= 0.3 is 11.7 Å². The summed E-state index contributed by atoms with van der Waals surface area (Å²) < 4.78 is 11.6. The molecule has 0 atom stereocenters. The zero-order valence-corrected chi connectivity index (χ0v) is 18.1. The number of hydrogen-bond acceptors (Lipinski definition) is 8. The molecular weight excluding hydrogens is 498 g/mol. The molecule has 3 aromatic carbocycles. The zero-order valence-electron chi connectivity index (χ0n) is 16.5. The van der Waals surface area contributed by atoms with Gasteiger partial charge in [0.25, 0.3) is 5.69 Å². The van der Waals surface area contributed by atoms with Crippen molar-refractivity contribution in [2.45, 2.75) is 0 Å². The smallest absolute Gasteiger partial charge is 0.363 e. The maximum atomic E-state index is 12.2. The Bertz CT molecular complexity index is 1350. The fraction of sp³-hybridized carbons (Fsp3) is 0. The first-order chi connectivity index (χ1) is 15.8. The lowest BCUT2D eigenvalue weighted by molar-refractivity contribution is -0.394. The van der Waals surface area contributed by atoms with E-state index in [0.29, 0.717) is 11.1 Å². The fourth-order valence-electron chi connectivity index (χ4n) is 2.92. The predicted octanol–water partition coefficient (Wildman–Crippen LogP) is 5.40. The Morgan fingerprint density at radius 3 is 2.39 bits per heavy atom. The third-order valence-corrected chi connectivity index (χ3v) is 4.95. The van der Waals surface area contributed by atoms with E-state index in [2.05, 4.69) is 20.9 Å². The molecular formula is C22H12BrN3O7. The van der Waals surface area contributed by atoms with Crippen LogP contribution in [0, 0.1) is 20.2 Å². The Balaban J connectivity index is 1.55. The first-order valence-corrected chi connectivity index (χ1v) is 10.1. The van der Waals surface area contributed by atoms with Gasteiger partial charge in [0.1, 0.15) is 5.75 Å². The van der Waals surface area contributed by atoms with Crippen LogP contribution in [0.15, 0.2) is 81.9 Å². The third-order valence-electron chi connectivity index (χ3n) is 4.45. The number of nitrogens with zero attached hydrogens (tertiary/aromatic N) is 3. The van der Waals surface area contributed by atoms with Crippen molar-refractivity contribution in [1.29, 1.82) is 0 Å². The summed E-state index contributed by atoms with van der Waals surface area (Å²) in [6, 6.07) is 16.6. The van der Waals surface area contributed by atoms with Crippen molar-refractivity contribution in [3.63, 3.8) is 0 Å². The van der Waals surface area contributed by atoms with Crippen LogP contribution in [0.5, 0.6) is 11.5 Å². The summed E-state index contributed by atoms with van der Waals surface area (Å²) in [6.07, 6.45) is 1.53. The summed E-state index contributed by atoms with van der Waals surface area (Å²) >= 11 is 3.36. The number of nitro benzene ring substituents is 2. The fourth-order valence-corrected chi connectivity index (χ4v) is 3.32. The van der Waals surface area contributed by atoms with E-state index in [1.54, 1.807) is 30.3 Å². The topological polar surface area (TPSA) is 134 Å². The van der Waals surface area contributed by atoms with Gasteiger partial charge in [-0.2, -0.15) is 0 Å². The van der Waals surface area contributed by atoms with Crippen LogP contribution in [0.4, 0.5) is 11.4 Å². The molecule has 0 radical (unpaired) electrons. The average molecular weight is 510 g/mol. The van der Waals surface area contributed by atoms with E-state index in [1.165, 1.54) is 24.3 Å². The van der Waals surface area contributed by atoms with Crippen LogP contribution < -0.4 is 4.74 Å². The molecule has 10 nitrogen and oxygen atoms in total. The van der Waals surface area contributed by atoms with Crippen LogP contribution in [0.25, 0.3) is 6.08 Å². The standard InChI is InChI=1S/C22H12BrN3O7/c23-15-3-1-2-14(11-15)21-24-18(22(27)33-21)10-13-4-7-17(8-5-13)32-20-9-6-16(25(28)29)12-19(20)26(30)31/h1-12H/b18-10-. The molecule has 1 aliphatic rings. The predicted molar refractivity (Wildman–Crippen MR) is 121 cm³/mol. The number of benzene rings is 3. The van der Waals surface area contributed by atoms with E-state index in [1.807, 2.05) is 6.07 Å². The Morgan fingerprint density at radius 1 is 0.970 bits per heavy atom. The minimum absolute atomic E-state index is 0.115. The van der Waals surface area contributed by atoms with E-state index in [9.17, 15) is 25.0 Å². The largest absolute Gasteiger partial charge is 0.450 e. The quantitative estimate of drug-likeness (QED) is 0.188. The van der Waals surface area contributed by atoms with Crippen molar-refractivity contribution in [2.75, 3.05) is 0 Å². The van der Waals surface area contributed by atoms with E-state index in [4.69, 9.17) is 9.47 Å². The molecule has 0 amide bonds. The number of carbonyl (C=O) groups is 1. The number of carbonyl (C=O) groups excluding carboxylic acids is 1. The summed E-state index contributed by atoms with van der Waals surface area (Å²) in [6.45, 7) is 0. The average Bonchev–Trinajstić information content (AvgIpc) is 3.15. The van der Waals surface area contributed by atoms with Gasteiger partial charge in [-0.25, -0.2) is 9.79 Å². The zero-order chi connectivity index (χ0) is 23.5. The molecule has 0 aliphatic carbocycles. The molecule has 4 rings (SSSR count). The number of nitro groups is 2. The molecule has 0 unspecified atom stereocenters. The number of halogens is 1. The minimum atomic E-state index is -0.756. The van der Waals surface area contributed by atoms with Crippen molar-refractivity contribution in [3.05, 3.63) is 108 Å². The third kappa shape index (κ3) is 4.93. The molecule has 0 saturated heterocycles. The van der Waals surface area contributed by atoms with Gasteiger partial charge in [0.15, 0.2) is 5.70 Å².